The molecule has 0 radical (unpaired) electrons. The quantitative estimate of drug-likeness (QED) is 0.516. The summed E-state index contributed by atoms with van der Waals surface area (Å²) in [5.41, 5.74) is 0.649. The van der Waals surface area contributed by atoms with Crippen LogP contribution in [0.15, 0.2) is 18.2 Å². The van der Waals surface area contributed by atoms with Crippen LogP contribution < -0.4 is 9.47 Å². The highest BCUT2D eigenvalue weighted by Gasteiger charge is 2.58. The van der Waals surface area contributed by atoms with E-state index in [4.69, 9.17) is 9.47 Å². The highest BCUT2D eigenvalue weighted by atomic mass is 16.5. The number of carbonyl (C=O) groups excluding carboxylic acids is 2. The van der Waals surface area contributed by atoms with Crippen molar-refractivity contribution >= 4 is 12.1 Å². The molecule has 0 N–H and O–H groups in total. The maximum absolute atomic E-state index is 13.9. The molecule has 1 aromatic carbocycles. The Morgan fingerprint density at radius 2 is 1.68 bits per heavy atom. The first-order valence-electron chi connectivity index (χ1n) is 10.4. The van der Waals surface area contributed by atoms with Crippen molar-refractivity contribution in [2.24, 2.45) is 34.5 Å². The number of hydrogen-bond donors (Lipinski definition) is 0. The number of carbonyl (C=O) groups is 2. The molecule has 0 aromatic heterocycles. The van der Waals surface area contributed by atoms with Crippen molar-refractivity contribution in [3.63, 3.8) is 0 Å². The van der Waals surface area contributed by atoms with E-state index >= 15 is 0 Å². The standard InChI is InChI=1S/C24H34O4/c1-15-17(14-25)12-20-23(2,3)8-7-9-24(20,4)21(15)22(26)16-10-18(27-5)13-19(11-16)28-6/h10-11,13-15,17,20-21H,7-9,12H2,1-6H3. The van der Waals surface area contributed by atoms with Crippen molar-refractivity contribution in [3.8, 4) is 11.5 Å². The molecule has 5 unspecified atom stereocenters. The lowest BCUT2D eigenvalue weighted by molar-refractivity contribution is -0.128. The molecule has 154 valence electrons. The second kappa shape index (κ2) is 7.53. The van der Waals surface area contributed by atoms with Gasteiger partial charge in [-0.2, -0.15) is 0 Å². The molecule has 0 heterocycles. The number of ether oxygens (including phenoxy) is 2. The Morgan fingerprint density at radius 1 is 1.07 bits per heavy atom. The lowest BCUT2D eigenvalue weighted by Crippen LogP contribution is -2.56. The Morgan fingerprint density at radius 3 is 2.21 bits per heavy atom. The average molecular weight is 387 g/mol. The summed E-state index contributed by atoms with van der Waals surface area (Å²) < 4.78 is 10.8. The van der Waals surface area contributed by atoms with Crippen molar-refractivity contribution in [1.82, 2.24) is 0 Å². The van der Waals surface area contributed by atoms with Crippen LogP contribution in [0, 0.1) is 34.5 Å². The third-order valence-corrected chi connectivity index (χ3v) is 7.79. The molecule has 4 heteroatoms. The Labute approximate surface area is 169 Å². The lowest BCUT2D eigenvalue weighted by Gasteiger charge is -2.59. The van der Waals surface area contributed by atoms with Crippen LogP contribution in [0.5, 0.6) is 11.5 Å². The minimum atomic E-state index is -0.183. The molecule has 2 fully saturated rings. The predicted molar refractivity (Wildman–Crippen MR) is 110 cm³/mol. The van der Waals surface area contributed by atoms with Gasteiger partial charge in [0.1, 0.15) is 17.8 Å². The largest absolute Gasteiger partial charge is 0.497 e. The van der Waals surface area contributed by atoms with Gasteiger partial charge in [0.05, 0.1) is 14.2 Å². The van der Waals surface area contributed by atoms with Gasteiger partial charge in [-0.25, -0.2) is 0 Å². The van der Waals surface area contributed by atoms with Crippen LogP contribution in [-0.2, 0) is 4.79 Å². The van der Waals surface area contributed by atoms with E-state index in [0.29, 0.717) is 23.0 Å². The maximum atomic E-state index is 13.9. The minimum absolute atomic E-state index is 0.0253. The molecule has 0 spiro atoms. The Hall–Kier alpha value is -1.84. The third kappa shape index (κ3) is 3.35. The van der Waals surface area contributed by atoms with Gasteiger partial charge in [-0.15, -0.1) is 0 Å². The first kappa shape index (κ1) is 20.9. The summed E-state index contributed by atoms with van der Waals surface area (Å²) in [6, 6.07) is 5.38. The number of aldehydes is 1. The van der Waals surface area contributed by atoms with E-state index < -0.39 is 0 Å². The number of ketones is 1. The first-order valence-corrected chi connectivity index (χ1v) is 10.4. The zero-order chi connectivity index (χ0) is 20.7. The van der Waals surface area contributed by atoms with E-state index in [2.05, 4.69) is 27.7 Å². The molecule has 4 nitrogen and oxygen atoms in total. The zero-order valence-corrected chi connectivity index (χ0v) is 18.1. The van der Waals surface area contributed by atoms with Crippen LogP contribution in [0.25, 0.3) is 0 Å². The smallest absolute Gasteiger partial charge is 0.167 e. The van der Waals surface area contributed by atoms with Gasteiger partial charge in [-0.1, -0.05) is 34.1 Å². The second-order valence-corrected chi connectivity index (χ2v) is 9.74. The molecule has 0 aliphatic heterocycles. The van der Waals surface area contributed by atoms with Gasteiger partial charge in [0.15, 0.2) is 5.78 Å². The summed E-state index contributed by atoms with van der Waals surface area (Å²) in [5, 5.41) is 0. The topological polar surface area (TPSA) is 52.6 Å². The van der Waals surface area contributed by atoms with Gasteiger partial charge in [0.25, 0.3) is 0 Å². The normalized spacial score (nSPS) is 34.2. The van der Waals surface area contributed by atoms with Gasteiger partial charge >= 0.3 is 0 Å². The molecule has 5 atom stereocenters. The van der Waals surface area contributed by atoms with Crippen molar-refractivity contribution in [2.45, 2.75) is 53.4 Å². The SMILES string of the molecule is COc1cc(OC)cc(C(=O)C2C(C)C(C=O)CC3C(C)(C)CCCC23C)c1. The number of fused-ring (bicyclic) bond motifs is 1. The van der Waals surface area contributed by atoms with Gasteiger partial charge < -0.3 is 14.3 Å². The van der Waals surface area contributed by atoms with E-state index in [1.54, 1.807) is 32.4 Å². The van der Waals surface area contributed by atoms with Crippen LogP contribution in [0.3, 0.4) is 0 Å². The number of benzene rings is 1. The molecule has 0 amide bonds. The van der Waals surface area contributed by atoms with E-state index in [-0.39, 0.29) is 34.4 Å². The van der Waals surface area contributed by atoms with Crippen LogP contribution in [0.4, 0.5) is 0 Å². The number of rotatable bonds is 5. The summed E-state index contributed by atoms with van der Waals surface area (Å²) >= 11 is 0. The lowest BCUT2D eigenvalue weighted by atomic mass is 9.44. The summed E-state index contributed by atoms with van der Waals surface area (Å²) in [6.07, 6.45) is 5.29. The highest BCUT2D eigenvalue weighted by Crippen LogP contribution is 2.62. The molecule has 28 heavy (non-hydrogen) atoms. The Kier molecular flexibility index (Phi) is 5.62. The fourth-order valence-electron chi connectivity index (χ4n) is 6.31. The molecule has 0 bridgehead atoms. The molecule has 2 saturated carbocycles. The molecule has 2 aliphatic rings. The van der Waals surface area contributed by atoms with Crippen LogP contribution in [0.1, 0.15) is 63.7 Å². The average Bonchev–Trinajstić information content (AvgIpc) is 2.66. The van der Waals surface area contributed by atoms with Crippen molar-refractivity contribution in [2.75, 3.05) is 14.2 Å². The summed E-state index contributed by atoms with van der Waals surface area (Å²) in [5.74, 6) is 1.47. The minimum Gasteiger partial charge on any atom is -0.497 e. The van der Waals surface area contributed by atoms with Crippen molar-refractivity contribution in [1.29, 1.82) is 0 Å². The summed E-state index contributed by atoms with van der Waals surface area (Å²) in [7, 11) is 3.19. The van der Waals surface area contributed by atoms with Gasteiger partial charge in [-0.05, 0) is 54.1 Å². The number of methoxy groups -OCH3 is 2. The van der Waals surface area contributed by atoms with E-state index in [1.165, 1.54) is 0 Å². The Bertz CT molecular complexity index is 731. The fourth-order valence-corrected chi connectivity index (χ4v) is 6.31. The molecule has 2 aliphatic carbocycles. The molecule has 0 saturated heterocycles. The van der Waals surface area contributed by atoms with Crippen molar-refractivity contribution in [3.05, 3.63) is 23.8 Å². The van der Waals surface area contributed by atoms with Gasteiger partial charge in [0.2, 0.25) is 0 Å². The van der Waals surface area contributed by atoms with E-state index in [1.807, 2.05) is 0 Å². The molecular formula is C24H34O4. The molecule has 1 aromatic rings. The second-order valence-electron chi connectivity index (χ2n) is 9.74. The van der Waals surface area contributed by atoms with E-state index in [9.17, 15) is 9.59 Å². The third-order valence-electron chi connectivity index (χ3n) is 7.79. The van der Waals surface area contributed by atoms with Gasteiger partial charge in [0, 0.05) is 23.5 Å². The predicted octanol–water partition coefficient (Wildman–Crippen LogP) is 5.19. The monoisotopic (exact) mass is 386 g/mol. The fraction of sp³-hybridized carbons (Fsp3) is 0.667. The van der Waals surface area contributed by atoms with Gasteiger partial charge in [-0.3, -0.25) is 4.79 Å². The molecular weight excluding hydrogens is 352 g/mol. The van der Waals surface area contributed by atoms with Crippen LogP contribution in [-0.4, -0.2) is 26.3 Å². The number of hydrogen-bond acceptors (Lipinski definition) is 4. The van der Waals surface area contributed by atoms with E-state index in [0.717, 1.165) is 32.0 Å². The summed E-state index contributed by atoms with van der Waals surface area (Å²) in [6.45, 7) is 8.99. The maximum Gasteiger partial charge on any atom is 0.167 e. The number of Topliss-reactive ketones (excluding diaryl/α,β-unsaturated/α-hetero) is 1. The molecule has 3 rings (SSSR count). The zero-order valence-electron chi connectivity index (χ0n) is 18.1. The first-order chi connectivity index (χ1) is 13.2. The van der Waals surface area contributed by atoms with Crippen LogP contribution in [0.2, 0.25) is 0 Å². The Balaban J connectivity index is 2.09. The summed E-state index contributed by atoms with van der Waals surface area (Å²) in [4.78, 5) is 25.8. The van der Waals surface area contributed by atoms with Crippen LogP contribution >= 0.6 is 0 Å². The van der Waals surface area contributed by atoms with Crippen molar-refractivity contribution < 1.29 is 19.1 Å². The highest BCUT2D eigenvalue weighted by molar-refractivity contribution is 5.99.